The van der Waals surface area contributed by atoms with Crippen LogP contribution in [0.2, 0.25) is 0 Å². The summed E-state index contributed by atoms with van der Waals surface area (Å²) in [7, 11) is -7.91. The first kappa shape index (κ1) is 40.6. The Morgan fingerprint density at radius 3 is 1.96 bits per heavy atom. The molecule has 5 rings (SSSR count). The minimum absolute atomic E-state index is 0. The molecular formula is C39H46N2O8S2. The molecule has 1 aliphatic carbocycles. The van der Waals surface area contributed by atoms with Gasteiger partial charge in [-0.15, -0.1) is 0 Å². The third kappa shape index (κ3) is 9.93. The summed E-state index contributed by atoms with van der Waals surface area (Å²) < 4.78 is 51.1. The summed E-state index contributed by atoms with van der Waals surface area (Å²) in [5.41, 5.74) is 2.95. The highest BCUT2D eigenvalue weighted by molar-refractivity contribution is 7.93. The lowest BCUT2D eigenvalue weighted by molar-refractivity contribution is -0.117. The van der Waals surface area contributed by atoms with Crippen molar-refractivity contribution in [3.63, 3.8) is 0 Å². The highest BCUT2D eigenvalue weighted by atomic mass is 32.2. The Hall–Kier alpha value is -4.78. The van der Waals surface area contributed by atoms with E-state index in [9.17, 15) is 36.6 Å². The van der Waals surface area contributed by atoms with Crippen LogP contribution >= 0.6 is 0 Å². The van der Waals surface area contributed by atoms with Gasteiger partial charge in [-0.25, -0.2) is 20.8 Å². The zero-order valence-electron chi connectivity index (χ0n) is 28.2. The SMILES string of the molecule is C.CCCNCc1ccn(S(=O)(=O)c2ccc(C)cc2)c(=O)c1O.Cc1ccc(S(=O)(=O)C2C=CC(CCCc3ccccc3)=C(O)C2=O)cc1. The van der Waals surface area contributed by atoms with Crippen LogP contribution in [0.3, 0.4) is 0 Å². The van der Waals surface area contributed by atoms with Crippen molar-refractivity contribution in [1.82, 2.24) is 9.29 Å². The van der Waals surface area contributed by atoms with Crippen LogP contribution in [0, 0.1) is 13.8 Å². The lowest BCUT2D eigenvalue weighted by Crippen LogP contribution is -2.32. The molecule has 272 valence electrons. The number of allylic oxidation sites excluding steroid dienone is 3. The molecule has 10 nitrogen and oxygen atoms in total. The summed E-state index contributed by atoms with van der Waals surface area (Å²) in [6, 6.07) is 23.9. The van der Waals surface area contributed by atoms with Gasteiger partial charge >= 0.3 is 5.56 Å². The molecule has 1 heterocycles. The van der Waals surface area contributed by atoms with E-state index in [2.05, 4.69) is 5.32 Å². The number of hydrogen-bond acceptors (Lipinski definition) is 9. The van der Waals surface area contributed by atoms with E-state index >= 15 is 0 Å². The number of nitrogens with one attached hydrogen (secondary N) is 1. The molecule has 1 atom stereocenters. The van der Waals surface area contributed by atoms with E-state index < -0.39 is 48.0 Å². The number of sulfone groups is 1. The molecular weight excluding hydrogens is 689 g/mol. The maximum absolute atomic E-state index is 12.8. The van der Waals surface area contributed by atoms with Crippen LogP contribution in [-0.2, 0) is 37.6 Å². The van der Waals surface area contributed by atoms with Crippen LogP contribution in [-0.4, -0.2) is 48.6 Å². The summed E-state index contributed by atoms with van der Waals surface area (Å²) in [6.07, 6.45) is 7.15. The number of carbonyl (C=O) groups excluding carboxylic acids is 1. The molecule has 1 aliphatic rings. The Balaban J connectivity index is 0.000000274. The number of nitrogens with zero attached hydrogens (tertiary/aromatic N) is 1. The number of pyridine rings is 1. The van der Waals surface area contributed by atoms with Gasteiger partial charge in [0.2, 0.25) is 5.78 Å². The Morgan fingerprint density at radius 1 is 0.784 bits per heavy atom. The molecule has 1 unspecified atom stereocenters. The normalized spacial score (nSPS) is 14.4. The number of aliphatic hydroxyl groups is 1. The highest BCUT2D eigenvalue weighted by Crippen LogP contribution is 2.27. The molecule has 12 heteroatoms. The van der Waals surface area contributed by atoms with Gasteiger partial charge in [-0.1, -0.05) is 92.2 Å². The Labute approximate surface area is 300 Å². The minimum atomic E-state index is -4.03. The van der Waals surface area contributed by atoms with Crippen molar-refractivity contribution in [3.8, 4) is 5.75 Å². The predicted octanol–water partition coefficient (Wildman–Crippen LogP) is 6.35. The Kier molecular flexibility index (Phi) is 14.3. The second kappa shape index (κ2) is 17.9. The zero-order chi connectivity index (χ0) is 36.5. The summed E-state index contributed by atoms with van der Waals surface area (Å²) in [5.74, 6) is -1.74. The molecule has 0 saturated carbocycles. The molecule has 0 bridgehead atoms. The number of aryl methyl sites for hydroxylation is 3. The van der Waals surface area contributed by atoms with Crippen LogP contribution in [0.1, 0.15) is 55.9 Å². The van der Waals surface area contributed by atoms with E-state index in [-0.39, 0.29) is 17.2 Å². The summed E-state index contributed by atoms with van der Waals surface area (Å²) in [5, 5.41) is 21.9. The van der Waals surface area contributed by atoms with Crippen molar-refractivity contribution in [2.45, 2.75) is 75.5 Å². The van der Waals surface area contributed by atoms with Crippen LogP contribution in [0.15, 0.2) is 129 Å². The molecule has 0 spiro atoms. The molecule has 1 aromatic heterocycles. The first-order valence-corrected chi connectivity index (χ1v) is 19.2. The van der Waals surface area contributed by atoms with Gasteiger partial charge in [0.15, 0.2) is 26.6 Å². The van der Waals surface area contributed by atoms with Crippen molar-refractivity contribution in [3.05, 3.63) is 147 Å². The van der Waals surface area contributed by atoms with Crippen LogP contribution < -0.4 is 10.9 Å². The van der Waals surface area contributed by atoms with E-state index in [4.69, 9.17) is 0 Å². The Morgan fingerprint density at radius 2 is 1.37 bits per heavy atom. The van der Waals surface area contributed by atoms with E-state index in [1.165, 1.54) is 48.2 Å². The number of aromatic hydroxyl groups is 1. The van der Waals surface area contributed by atoms with Gasteiger partial charge in [0.25, 0.3) is 10.0 Å². The molecule has 51 heavy (non-hydrogen) atoms. The van der Waals surface area contributed by atoms with Gasteiger partial charge in [0.1, 0.15) is 0 Å². The summed E-state index contributed by atoms with van der Waals surface area (Å²) in [4.78, 5) is 24.8. The molecule has 3 N–H and O–H groups in total. The fourth-order valence-electron chi connectivity index (χ4n) is 5.21. The fourth-order valence-corrected chi connectivity index (χ4v) is 7.93. The van der Waals surface area contributed by atoms with Gasteiger partial charge in [0.05, 0.1) is 9.79 Å². The third-order valence-corrected chi connectivity index (χ3v) is 11.8. The van der Waals surface area contributed by atoms with Gasteiger partial charge in [-0.2, -0.15) is 0 Å². The highest BCUT2D eigenvalue weighted by Gasteiger charge is 2.36. The number of aliphatic hydroxyl groups excluding tert-OH is 1. The quantitative estimate of drug-likeness (QED) is 0.141. The van der Waals surface area contributed by atoms with Crippen molar-refractivity contribution >= 4 is 25.6 Å². The van der Waals surface area contributed by atoms with E-state index in [1.807, 2.05) is 51.1 Å². The maximum Gasteiger partial charge on any atom is 0.306 e. The predicted molar refractivity (Wildman–Crippen MR) is 200 cm³/mol. The van der Waals surface area contributed by atoms with Crippen LogP contribution in [0.4, 0.5) is 0 Å². The van der Waals surface area contributed by atoms with Crippen LogP contribution in [0.5, 0.6) is 5.75 Å². The first-order chi connectivity index (χ1) is 23.8. The maximum atomic E-state index is 12.8. The molecule has 3 aromatic carbocycles. The largest absolute Gasteiger partial charge is 0.504 e. The molecule has 0 aliphatic heterocycles. The number of benzene rings is 3. The number of hydrogen-bond donors (Lipinski definition) is 3. The smallest absolute Gasteiger partial charge is 0.306 e. The summed E-state index contributed by atoms with van der Waals surface area (Å²) in [6.45, 7) is 6.74. The molecule has 0 radical (unpaired) electrons. The third-order valence-electron chi connectivity index (χ3n) is 8.14. The van der Waals surface area contributed by atoms with Gasteiger partial charge in [-0.3, -0.25) is 9.59 Å². The van der Waals surface area contributed by atoms with Crippen molar-refractivity contribution < 1.29 is 31.8 Å². The van der Waals surface area contributed by atoms with Gasteiger partial charge in [-0.05, 0) is 87.5 Å². The average Bonchev–Trinajstić information content (AvgIpc) is 3.09. The summed E-state index contributed by atoms with van der Waals surface area (Å²) >= 11 is 0. The van der Waals surface area contributed by atoms with E-state index in [0.717, 1.165) is 36.9 Å². The molecule has 0 saturated heterocycles. The standard InChI is InChI=1S/C22H22O4S.C16H20N2O4S.CH4/c1-16-10-13-19(14-11-16)27(25,26)20-15-12-18(21(23)22(20)24)9-5-8-17-6-3-2-4-7-17;1-3-9-17-11-13-8-10-18(16(20)15(13)19)23(21,22)14-6-4-12(2)5-7-14;/h2-4,6-7,10-15,20,23H,5,8-9H2,1H3;4-8,10,17,19H,3,9,11H2,1-2H3;1H4. The van der Waals surface area contributed by atoms with Gasteiger partial charge < -0.3 is 15.5 Å². The van der Waals surface area contributed by atoms with Gasteiger partial charge in [0, 0.05) is 18.3 Å². The topological polar surface area (TPSA) is 160 Å². The van der Waals surface area contributed by atoms with Crippen molar-refractivity contribution in [2.24, 2.45) is 0 Å². The van der Waals surface area contributed by atoms with Crippen molar-refractivity contribution in [1.29, 1.82) is 0 Å². The molecule has 4 aromatic rings. The number of rotatable bonds is 12. The number of carbonyl (C=O) groups is 1. The van der Waals surface area contributed by atoms with Crippen molar-refractivity contribution in [2.75, 3.05) is 6.54 Å². The number of ketones is 1. The second-order valence-corrected chi connectivity index (χ2v) is 15.9. The lowest BCUT2D eigenvalue weighted by Gasteiger charge is -2.18. The fraction of sp³-hybridized carbons (Fsp3) is 0.282. The average molecular weight is 735 g/mol. The first-order valence-electron chi connectivity index (χ1n) is 16.2. The number of Topliss-reactive ketones (excluding diaryl/α,β-unsaturated/α-hetero) is 1. The molecule has 0 fully saturated rings. The minimum Gasteiger partial charge on any atom is -0.504 e. The van der Waals surface area contributed by atoms with E-state index in [1.54, 1.807) is 30.3 Å². The lowest BCUT2D eigenvalue weighted by atomic mass is 9.97. The zero-order valence-corrected chi connectivity index (χ0v) is 29.9. The van der Waals surface area contributed by atoms with E-state index in [0.29, 0.717) is 28.1 Å². The monoisotopic (exact) mass is 734 g/mol. The van der Waals surface area contributed by atoms with Crippen LogP contribution in [0.25, 0.3) is 0 Å². The molecule has 0 amide bonds. The number of aromatic nitrogens is 1. The Bertz CT molecular complexity index is 2140. The second-order valence-electron chi connectivity index (χ2n) is 12.0.